The van der Waals surface area contributed by atoms with Gasteiger partial charge in [-0.05, 0) is 5.92 Å². The lowest BCUT2D eigenvalue weighted by atomic mass is 10.1. The Bertz CT molecular complexity index is 185. The van der Waals surface area contributed by atoms with Crippen molar-refractivity contribution in [2.24, 2.45) is 10.9 Å². The average Bonchev–Trinajstić information content (AvgIpc) is 2.21. The van der Waals surface area contributed by atoms with E-state index in [9.17, 15) is 0 Å². The summed E-state index contributed by atoms with van der Waals surface area (Å²) in [6, 6.07) is 0. The second kappa shape index (κ2) is 6.66. The molecule has 0 amide bonds. The van der Waals surface area contributed by atoms with Crippen LogP contribution in [-0.4, -0.2) is 19.6 Å². The van der Waals surface area contributed by atoms with Gasteiger partial charge in [0.15, 0.2) is 6.23 Å². The molecule has 76 valence electrons. The molecule has 0 aromatic rings. The Morgan fingerprint density at radius 2 is 2.08 bits per heavy atom. The van der Waals surface area contributed by atoms with Gasteiger partial charge >= 0.3 is 0 Å². The van der Waals surface area contributed by atoms with Gasteiger partial charge in [-0.15, -0.1) is 0 Å². The number of methoxy groups -OCH3 is 1. The van der Waals surface area contributed by atoms with E-state index in [0.717, 1.165) is 5.70 Å². The van der Waals surface area contributed by atoms with Gasteiger partial charge in [0.25, 0.3) is 0 Å². The lowest BCUT2D eigenvalue weighted by Crippen LogP contribution is -2.31. The topological polar surface area (TPSA) is 33.6 Å². The number of hydrogen-bond donors (Lipinski definition) is 1. The van der Waals surface area contributed by atoms with Crippen molar-refractivity contribution in [2.75, 3.05) is 7.11 Å². The van der Waals surface area contributed by atoms with Crippen LogP contribution in [0.2, 0.25) is 0 Å². The van der Waals surface area contributed by atoms with Gasteiger partial charge < -0.3 is 10.1 Å². The van der Waals surface area contributed by atoms with Crippen LogP contribution in [-0.2, 0) is 4.74 Å². The van der Waals surface area contributed by atoms with Crippen molar-refractivity contribution in [3.8, 4) is 0 Å². The monoisotopic (exact) mass is 184 g/mol. The molecular formula is C10H20N2O. The van der Waals surface area contributed by atoms with E-state index in [2.05, 4.69) is 24.2 Å². The van der Waals surface area contributed by atoms with Crippen molar-refractivity contribution in [2.45, 2.75) is 33.9 Å². The third-order valence-electron chi connectivity index (χ3n) is 1.60. The molecule has 3 heteroatoms. The normalized spacial score (nSPS) is 20.2. The smallest absolute Gasteiger partial charge is 0.163 e. The molecule has 0 fully saturated rings. The van der Waals surface area contributed by atoms with Gasteiger partial charge in [0.1, 0.15) is 0 Å². The fraction of sp³-hybridized carbons (Fsp3) is 0.700. The maximum Gasteiger partial charge on any atom is 0.163 e. The van der Waals surface area contributed by atoms with Crippen LogP contribution in [0.4, 0.5) is 0 Å². The first kappa shape index (κ1) is 12.2. The zero-order valence-corrected chi connectivity index (χ0v) is 9.16. The minimum Gasteiger partial charge on any atom is -0.360 e. The van der Waals surface area contributed by atoms with Crippen molar-refractivity contribution >= 4 is 6.21 Å². The summed E-state index contributed by atoms with van der Waals surface area (Å²) in [7, 11) is 1.65. The maximum atomic E-state index is 5.01. The largest absolute Gasteiger partial charge is 0.360 e. The Morgan fingerprint density at radius 1 is 1.46 bits per heavy atom. The number of allylic oxidation sites excluding steroid dienone is 1. The van der Waals surface area contributed by atoms with Gasteiger partial charge in [-0.1, -0.05) is 27.7 Å². The van der Waals surface area contributed by atoms with Gasteiger partial charge in [0.2, 0.25) is 0 Å². The molecular weight excluding hydrogens is 164 g/mol. The molecule has 0 spiro atoms. The standard InChI is InChI=1S/C8H14N2O.C2H6/c1-6(2)7-4-10-8(11-3)5-9-7;1-2/h4-6,8,10H,1-3H3;1-2H3. The van der Waals surface area contributed by atoms with Crippen molar-refractivity contribution in [3.63, 3.8) is 0 Å². The molecule has 1 rings (SSSR count). The van der Waals surface area contributed by atoms with E-state index in [-0.39, 0.29) is 6.23 Å². The molecule has 0 saturated heterocycles. The molecule has 1 aliphatic rings. The Morgan fingerprint density at radius 3 is 2.38 bits per heavy atom. The minimum absolute atomic E-state index is 0.0579. The highest BCUT2D eigenvalue weighted by Crippen LogP contribution is 2.11. The first-order chi connectivity index (χ1) is 6.24. The van der Waals surface area contributed by atoms with E-state index in [4.69, 9.17) is 4.74 Å². The molecule has 1 aliphatic heterocycles. The third kappa shape index (κ3) is 4.08. The predicted octanol–water partition coefficient (Wildman–Crippen LogP) is 2.16. The number of nitrogens with one attached hydrogen (secondary N) is 1. The summed E-state index contributed by atoms with van der Waals surface area (Å²) in [4.78, 5) is 4.23. The van der Waals surface area contributed by atoms with Gasteiger partial charge in [-0.25, -0.2) is 0 Å². The molecule has 1 unspecified atom stereocenters. The summed E-state index contributed by atoms with van der Waals surface area (Å²) in [5.74, 6) is 0.469. The summed E-state index contributed by atoms with van der Waals surface area (Å²) in [6.07, 6.45) is 3.62. The highest BCUT2D eigenvalue weighted by Gasteiger charge is 2.08. The van der Waals surface area contributed by atoms with Crippen LogP contribution in [0.5, 0.6) is 0 Å². The molecule has 0 aliphatic carbocycles. The number of ether oxygens (including phenoxy) is 1. The summed E-state index contributed by atoms with van der Waals surface area (Å²) in [5, 5.41) is 3.07. The number of aliphatic imine (C=N–C) groups is 1. The first-order valence-corrected chi connectivity index (χ1v) is 4.77. The fourth-order valence-electron chi connectivity index (χ4n) is 0.846. The minimum atomic E-state index is -0.0579. The quantitative estimate of drug-likeness (QED) is 0.713. The Labute approximate surface area is 80.9 Å². The summed E-state index contributed by atoms with van der Waals surface area (Å²) in [5.41, 5.74) is 1.07. The molecule has 1 heterocycles. The van der Waals surface area contributed by atoms with E-state index in [1.807, 2.05) is 20.0 Å². The molecule has 0 bridgehead atoms. The van der Waals surface area contributed by atoms with E-state index in [1.165, 1.54) is 0 Å². The van der Waals surface area contributed by atoms with E-state index in [1.54, 1.807) is 13.3 Å². The Hall–Kier alpha value is -0.830. The molecule has 1 N–H and O–H groups in total. The summed E-state index contributed by atoms with van der Waals surface area (Å²) in [6.45, 7) is 8.22. The van der Waals surface area contributed by atoms with Crippen LogP contribution in [0.15, 0.2) is 16.9 Å². The molecule has 3 nitrogen and oxygen atoms in total. The SMILES string of the molecule is CC.COC1C=NC(C(C)C)=CN1. The predicted molar refractivity (Wildman–Crippen MR) is 56.7 cm³/mol. The van der Waals surface area contributed by atoms with E-state index < -0.39 is 0 Å². The molecule has 0 aromatic heterocycles. The maximum absolute atomic E-state index is 5.01. The van der Waals surface area contributed by atoms with Gasteiger partial charge in [0.05, 0.1) is 11.9 Å². The van der Waals surface area contributed by atoms with Crippen molar-refractivity contribution in [3.05, 3.63) is 11.9 Å². The molecule has 0 saturated carbocycles. The van der Waals surface area contributed by atoms with Crippen LogP contribution in [0.25, 0.3) is 0 Å². The van der Waals surface area contributed by atoms with E-state index >= 15 is 0 Å². The van der Waals surface area contributed by atoms with Crippen LogP contribution in [0.3, 0.4) is 0 Å². The average molecular weight is 184 g/mol. The van der Waals surface area contributed by atoms with E-state index in [0.29, 0.717) is 5.92 Å². The fourth-order valence-corrected chi connectivity index (χ4v) is 0.846. The summed E-state index contributed by atoms with van der Waals surface area (Å²) >= 11 is 0. The van der Waals surface area contributed by atoms with Gasteiger partial charge in [-0.2, -0.15) is 0 Å². The molecule has 0 aromatic carbocycles. The van der Waals surface area contributed by atoms with Crippen molar-refractivity contribution < 1.29 is 4.74 Å². The second-order valence-corrected chi connectivity index (χ2v) is 2.83. The van der Waals surface area contributed by atoms with Crippen LogP contribution in [0.1, 0.15) is 27.7 Å². The lowest BCUT2D eigenvalue weighted by molar-refractivity contribution is 0.142. The lowest BCUT2D eigenvalue weighted by Gasteiger charge is -2.17. The number of rotatable bonds is 2. The summed E-state index contributed by atoms with van der Waals surface area (Å²) < 4.78 is 5.01. The second-order valence-electron chi connectivity index (χ2n) is 2.83. The Balaban J connectivity index is 0.000000671. The highest BCUT2D eigenvalue weighted by atomic mass is 16.5. The zero-order valence-electron chi connectivity index (χ0n) is 9.16. The molecule has 13 heavy (non-hydrogen) atoms. The zero-order chi connectivity index (χ0) is 10.3. The van der Waals surface area contributed by atoms with Crippen molar-refractivity contribution in [1.82, 2.24) is 5.32 Å². The molecule has 1 atom stereocenters. The van der Waals surface area contributed by atoms with Gasteiger partial charge in [-0.3, -0.25) is 4.99 Å². The number of nitrogens with zero attached hydrogens (tertiary/aromatic N) is 1. The Kier molecular flexibility index (Phi) is 6.24. The third-order valence-corrected chi connectivity index (χ3v) is 1.60. The first-order valence-electron chi connectivity index (χ1n) is 4.77. The van der Waals surface area contributed by atoms with Crippen LogP contribution < -0.4 is 5.32 Å². The number of hydrogen-bond acceptors (Lipinski definition) is 3. The highest BCUT2D eigenvalue weighted by molar-refractivity contribution is 5.65. The van der Waals surface area contributed by atoms with Crippen LogP contribution in [0, 0.1) is 5.92 Å². The van der Waals surface area contributed by atoms with Crippen molar-refractivity contribution in [1.29, 1.82) is 0 Å². The van der Waals surface area contributed by atoms with Crippen LogP contribution >= 0.6 is 0 Å². The molecule has 0 radical (unpaired) electrons. The van der Waals surface area contributed by atoms with Gasteiger partial charge in [0, 0.05) is 13.3 Å².